The molecule has 0 amide bonds. The van der Waals surface area contributed by atoms with Crippen molar-refractivity contribution >= 4 is 0 Å². The van der Waals surface area contributed by atoms with Crippen LogP contribution in [0, 0.1) is 64.1 Å². The Morgan fingerprint density at radius 3 is 1.25 bits per heavy atom. The molecule has 8 radical (unpaired) electrons. The standard InChI is InChI=1S/C6H7.C5H5.2CO.Mo/c1-4-5-6(2)3;1-2-4-5-3-1;2*1-2;/h1H,2-3H3;1-5H;;;/q;;;;+2. The van der Waals surface area contributed by atoms with Gasteiger partial charge in [-0.15, -0.1) is 0 Å². The van der Waals surface area contributed by atoms with E-state index in [2.05, 4.69) is 25.5 Å². The SMILES string of the molecule is [C-]#[O+].[C-]#[O+].[CH]1[CH][CH][CH][CH]1.[CH]=[C][C]=C(C)C.[Mo+2]. The molecule has 0 N–H and O–H groups in total. The quantitative estimate of drug-likeness (QED) is 0.309. The van der Waals surface area contributed by atoms with E-state index in [-0.39, 0.29) is 21.1 Å². The summed E-state index contributed by atoms with van der Waals surface area (Å²) >= 11 is 0. The third-order valence-corrected chi connectivity index (χ3v) is 0.878. The van der Waals surface area contributed by atoms with Crippen molar-refractivity contribution in [1.82, 2.24) is 0 Å². The van der Waals surface area contributed by atoms with Crippen LogP contribution < -0.4 is 0 Å². The minimum Gasteiger partial charge on any atom is -0.0679 e. The Kier molecular flexibility index (Phi) is 45.3. The Hall–Kier alpha value is -0.352. The number of hydrogen-bond acceptors (Lipinski definition) is 0. The van der Waals surface area contributed by atoms with Gasteiger partial charge in [0.25, 0.3) is 0 Å². The number of rotatable bonds is 1. The van der Waals surface area contributed by atoms with E-state index in [0.29, 0.717) is 0 Å². The molecule has 0 saturated heterocycles. The van der Waals surface area contributed by atoms with Gasteiger partial charge in [0.1, 0.15) is 0 Å². The zero-order valence-corrected chi connectivity index (χ0v) is 11.2. The fourth-order valence-electron chi connectivity index (χ4n) is 0.465. The summed E-state index contributed by atoms with van der Waals surface area (Å²) in [5.74, 6) is 0. The van der Waals surface area contributed by atoms with Crippen LogP contribution in [0.1, 0.15) is 13.8 Å². The van der Waals surface area contributed by atoms with Crippen LogP contribution in [0.2, 0.25) is 0 Å². The first kappa shape index (κ1) is 24.7. The maximum absolute atomic E-state index is 7.50. The average Bonchev–Trinajstić information content (AvgIpc) is 2.82. The first-order valence-corrected chi connectivity index (χ1v) is 3.86. The molecule has 0 atom stereocenters. The Balaban J connectivity index is -0.0000000658. The van der Waals surface area contributed by atoms with Gasteiger partial charge < -0.3 is 0 Å². The molecule has 1 rings (SSSR count). The van der Waals surface area contributed by atoms with Crippen molar-refractivity contribution in [3.8, 4) is 0 Å². The molecule has 0 unspecified atom stereocenters. The Bertz CT molecular complexity index is 171. The van der Waals surface area contributed by atoms with E-state index < -0.39 is 0 Å². The second kappa shape index (κ2) is 29.3. The molecule has 80 valence electrons. The smallest absolute Gasteiger partial charge is 0.0679 e. The van der Waals surface area contributed by atoms with Crippen LogP contribution in [0.15, 0.2) is 5.57 Å². The summed E-state index contributed by atoms with van der Waals surface area (Å²) in [4.78, 5) is 0. The van der Waals surface area contributed by atoms with Crippen LogP contribution >= 0.6 is 0 Å². The van der Waals surface area contributed by atoms with E-state index in [1.54, 1.807) is 0 Å². The van der Waals surface area contributed by atoms with Gasteiger partial charge in [0.2, 0.25) is 0 Å². The van der Waals surface area contributed by atoms with Crippen molar-refractivity contribution in [3.63, 3.8) is 0 Å². The molecule has 1 aliphatic carbocycles. The molecule has 2 nitrogen and oxygen atoms in total. The zero-order valence-electron chi connectivity index (χ0n) is 9.19. The van der Waals surface area contributed by atoms with Crippen LogP contribution in [-0.4, -0.2) is 0 Å². The second-order valence-electron chi connectivity index (χ2n) is 2.23. The summed E-state index contributed by atoms with van der Waals surface area (Å²) in [6.45, 7) is 17.7. The average molecular weight is 296 g/mol. The topological polar surface area (TPSA) is 39.8 Å². The van der Waals surface area contributed by atoms with Crippen LogP contribution in [0.5, 0.6) is 0 Å². The molecule has 0 aromatic carbocycles. The van der Waals surface area contributed by atoms with Crippen LogP contribution in [-0.2, 0) is 30.4 Å². The van der Waals surface area contributed by atoms with E-state index >= 15 is 0 Å². The third-order valence-electron chi connectivity index (χ3n) is 0.878. The fraction of sp³-hybridized carbons (Fsp3) is 0.154. The van der Waals surface area contributed by atoms with Gasteiger partial charge in [-0.25, -0.2) is 0 Å². The van der Waals surface area contributed by atoms with Crippen molar-refractivity contribution in [2.24, 2.45) is 0 Å². The molecule has 3 heteroatoms. The van der Waals surface area contributed by atoms with Gasteiger partial charge in [0.05, 0.1) is 0 Å². The normalized spacial score (nSPS) is 10.4. The molecule has 0 spiro atoms. The maximum Gasteiger partial charge on any atom is 2.00 e. The molecule has 0 heterocycles. The van der Waals surface area contributed by atoms with Crippen molar-refractivity contribution in [3.05, 3.63) is 69.7 Å². The summed E-state index contributed by atoms with van der Waals surface area (Å²) in [6, 6.07) is 0. The van der Waals surface area contributed by atoms with E-state index in [4.69, 9.17) is 15.9 Å². The van der Waals surface area contributed by atoms with Crippen molar-refractivity contribution in [2.45, 2.75) is 13.8 Å². The van der Waals surface area contributed by atoms with E-state index in [1.165, 1.54) is 0 Å². The molecule has 0 bridgehead atoms. The zero-order chi connectivity index (χ0) is 12.5. The fourth-order valence-corrected chi connectivity index (χ4v) is 0.465. The van der Waals surface area contributed by atoms with Crippen LogP contribution in [0.4, 0.5) is 0 Å². The first-order valence-electron chi connectivity index (χ1n) is 3.86. The first-order chi connectivity index (χ1) is 7.27. The third kappa shape index (κ3) is 37.3. The molecular weight excluding hydrogens is 284 g/mol. The monoisotopic (exact) mass is 298 g/mol. The largest absolute Gasteiger partial charge is 2.00 e. The van der Waals surface area contributed by atoms with Gasteiger partial charge in [-0.2, -0.15) is 0 Å². The second-order valence-corrected chi connectivity index (χ2v) is 2.23. The molecule has 0 aromatic rings. The molecular formula is C13H12MoO2+2. The summed E-state index contributed by atoms with van der Waals surface area (Å²) in [5, 5.41) is 0. The van der Waals surface area contributed by atoms with Gasteiger partial charge >= 0.3 is 43.7 Å². The van der Waals surface area contributed by atoms with Crippen LogP contribution in [0.3, 0.4) is 0 Å². The number of hydrogen-bond donors (Lipinski definition) is 0. The van der Waals surface area contributed by atoms with Gasteiger partial charge in [-0.3, -0.25) is 0 Å². The number of allylic oxidation sites excluding steroid dienone is 3. The molecule has 1 saturated carbocycles. The summed E-state index contributed by atoms with van der Waals surface area (Å²) in [5.41, 5.74) is 1.05. The summed E-state index contributed by atoms with van der Waals surface area (Å²) in [6.07, 6.45) is 14.9. The molecule has 1 aliphatic rings. The molecule has 0 aromatic heterocycles. The minimum absolute atomic E-state index is 0. The Morgan fingerprint density at radius 1 is 0.938 bits per heavy atom. The Labute approximate surface area is 114 Å². The van der Waals surface area contributed by atoms with Gasteiger partial charge in [-0.05, 0) is 58.1 Å². The van der Waals surface area contributed by atoms with Crippen LogP contribution in [0.25, 0.3) is 0 Å². The van der Waals surface area contributed by atoms with E-state index in [0.717, 1.165) is 5.57 Å². The summed E-state index contributed by atoms with van der Waals surface area (Å²) < 4.78 is 15.0. The molecule has 1 fully saturated rings. The van der Waals surface area contributed by atoms with Crippen molar-refractivity contribution < 1.29 is 30.4 Å². The van der Waals surface area contributed by atoms with E-state index in [9.17, 15) is 0 Å². The van der Waals surface area contributed by atoms with Gasteiger partial charge in [-0.1, -0.05) is 12.2 Å². The van der Waals surface area contributed by atoms with Gasteiger partial charge in [0, 0.05) is 0 Å². The van der Waals surface area contributed by atoms with E-state index in [1.807, 2.05) is 46.0 Å². The van der Waals surface area contributed by atoms with Crippen molar-refractivity contribution in [1.29, 1.82) is 0 Å². The summed E-state index contributed by atoms with van der Waals surface area (Å²) in [7, 11) is 0. The molecule has 0 aliphatic heterocycles. The van der Waals surface area contributed by atoms with Gasteiger partial charge in [0.15, 0.2) is 0 Å². The maximum atomic E-state index is 7.50. The molecule has 16 heavy (non-hydrogen) atoms. The minimum atomic E-state index is 0. The predicted molar refractivity (Wildman–Crippen MR) is 55.0 cm³/mol. The predicted octanol–water partition coefficient (Wildman–Crippen LogP) is 2.49. The Morgan fingerprint density at radius 2 is 1.19 bits per heavy atom. The van der Waals surface area contributed by atoms with Crippen molar-refractivity contribution in [2.75, 3.05) is 0 Å².